The molecule has 0 aliphatic carbocycles. The van der Waals surface area contributed by atoms with Gasteiger partial charge in [0.05, 0.1) is 0 Å². The molecule has 1 rings (SSSR count). The number of benzene rings is 1. The Kier molecular flexibility index (Phi) is 2.52. The monoisotopic (exact) mass is 159 g/mol. The molecule has 1 radical (unpaired) electrons. The van der Waals surface area contributed by atoms with Gasteiger partial charge in [-0.1, -0.05) is 18.2 Å². The maximum atomic E-state index is 12.5. The molecule has 0 aliphatic rings. The van der Waals surface area contributed by atoms with E-state index in [1.807, 2.05) is 0 Å². The highest BCUT2D eigenvalue weighted by Gasteiger charge is 2.20. The van der Waals surface area contributed by atoms with Crippen LogP contribution in [0.4, 0.5) is 13.2 Å². The summed E-state index contributed by atoms with van der Waals surface area (Å²) in [6.07, 6.45) is -5.14. The molecule has 11 heavy (non-hydrogen) atoms. The lowest BCUT2D eigenvalue weighted by Crippen LogP contribution is -2.02. The maximum absolute atomic E-state index is 12.5. The van der Waals surface area contributed by atoms with Crippen LogP contribution in [-0.2, 0) is 0 Å². The van der Waals surface area contributed by atoms with E-state index in [1.54, 1.807) is 0 Å². The molecule has 0 spiro atoms. The van der Waals surface area contributed by atoms with Crippen LogP contribution in [0.1, 0.15) is 11.7 Å². The van der Waals surface area contributed by atoms with Gasteiger partial charge in [-0.2, -0.15) is 0 Å². The van der Waals surface area contributed by atoms with Crippen molar-refractivity contribution in [3.8, 4) is 0 Å². The molecule has 0 aliphatic heterocycles. The smallest absolute Gasteiger partial charge is 0.236 e. The van der Waals surface area contributed by atoms with Crippen molar-refractivity contribution >= 4 is 0 Å². The summed E-state index contributed by atoms with van der Waals surface area (Å²) in [7, 11) is 0. The van der Waals surface area contributed by atoms with Crippen LogP contribution >= 0.6 is 0 Å². The van der Waals surface area contributed by atoms with Gasteiger partial charge in [0.15, 0.2) is 6.17 Å². The van der Waals surface area contributed by atoms with E-state index >= 15 is 0 Å². The molecular formula is C8H6F3. The molecule has 59 valence electrons. The lowest BCUT2D eigenvalue weighted by atomic mass is 10.1. The largest absolute Gasteiger partial charge is 0.273 e. The molecule has 0 saturated heterocycles. The molecule has 0 aromatic heterocycles. The molecule has 0 bridgehead atoms. The molecule has 0 N–H and O–H groups in total. The van der Waals surface area contributed by atoms with Crippen molar-refractivity contribution < 1.29 is 13.2 Å². The standard InChI is InChI=1S/C8H6F3/c9-7(8(10)11)6-4-2-1-3-5-6/h1-2,4-5,7-8H. The molecule has 0 amide bonds. The third-order valence-electron chi connectivity index (χ3n) is 1.27. The number of hydrogen-bond donors (Lipinski definition) is 0. The Balaban J connectivity index is 2.77. The number of halogens is 3. The van der Waals surface area contributed by atoms with Gasteiger partial charge >= 0.3 is 0 Å². The van der Waals surface area contributed by atoms with E-state index in [0.717, 1.165) is 0 Å². The summed E-state index contributed by atoms with van der Waals surface area (Å²) in [5.41, 5.74) is -0.0255. The zero-order valence-electron chi connectivity index (χ0n) is 5.60. The summed E-state index contributed by atoms with van der Waals surface area (Å²) in [6, 6.07) is 8.06. The van der Waals surface area contributed by atoms with Crippen LogP contribution in [0.15, 0.2) is 24.3 Å². The van der Waals surface area contributed by atoms with Crippen LogP contribution in [0, 0.1) is 6.07 Å². The number of rotatable bonds is 2. The molecule has 0 nitrogen and oxygen atoms in total. The van der Waals surface area contributed by atoms with E-state index in [9.17, 15) is 13.2 Å². The Labute approximate surface area is 62.7 Å². The molecule has 0 heterocycles. The minimum Gasteiger partial charge on any atom is -0.236 e. The summed E-state index contributed by atoms with van der Waals surface area (Å²) >= 11 is 0. The van der Waals surface area contributed by atoms with Crippen LogP contribution in [0.2, 0.25) is 0 Å². The summed E-state index contributed by atoms with van der Waals surface area (Å²) in [4.78, 5) is 0. The minimum atomic E-state index is -2.95. The summed E-state index contributed by atoms with van der Waals surface area (Å²) in [5, 5.41) is 0. The Morgan fingerprint density at radius 3 is 2.45 bits per heavy atom. The molecule has 0 saturated carbocycles. The van der Waals surface area contributed by atoms with Gasteiger partial charge in [0.2, 0.25) is 0 Å². The molecule has 1 unspecified atom stereocenters. The van der Waals surface area contributed by atoms with Gasteiger partial charge in [0, 0.05) is 0 Å². The van der Waals surface area contributed by atoms with E-state index in [2.05, 4.69) is 6.07 Å². The van der Waals surface area contributed by atoms with Crippen LogP contribution in [0.3, 0.4) is 0 Å². The van der Waals surface area contributed by atoms with Crippen molar-refractivity contribution in [1.29, 1.82) is 0 Å². The summed E-state index contributed by atoms with van der Waals surface area (Å²) < 4.78 is 35.9. The van der Waals surface area contributed by atoms with E-state index < -0.39 is 12.6 Å². The lowest BCUT2D eigenvalue weighted by Gasteiger charge is -2.05. The maximum Gasteiger partial charge on any atom is 0.273 e. The van der Waals surface area contributed by atoms with Gasteiger partial charge in [-0.25, -0.2) is 13.2 Å². The van der Waals surface area contributed by atoms with Crippen molar-refractivity contribution in [2.45, 2.75) is 12.6 Å². The Morgan fingerprint density at radius 2 is 2.00 bits per heavy atom. The fraction of sp³-hybridized carbons (Fsp3) is 0.250. The average Bonchev–Trinajstić information content (AvgIpc) is 2.05. The second kappa shape index (κ2) is 3.42. The van der Waals surface area contributed by atoms with Crippen LogP contribution in [0.25, 0.3) is 0 Å². The van der Waals surface area contributed by atoms with Crippen LogP contribution in [-0.4, -0.2) is 6.43 Å². The number of alkyl halides is 3. The Hall–Kier alpha value is -0.990. The first-order valence-corrected chi connectivity index (χ1v) is 3.10. The topological polar surface area (TPSA) is 0 Å². The van der Waals surface area contributed by atoms with Crippen molar-refractivity contribution in [2.24, 2.45) is 0 Å². The van der Waals surface area contributed by atoms with Crippen LogP contribution in [0.5, 0.6) is 0 Å². The van der Waals surface area contributed by atoms with Gasteiger partial charge in [0.1, 0.15) is 0 Å². The third-order valence-corrected chi connectivity index (χ3v) is 1.27. The predicted octanol–water partition coefficient (Wildman–Crippen LogP) is 2.76. The van der Waals surface area contributed by atoms with Crippen molar-refractivity contribution in [3.63, 3.8) is 0 Å². The summed E-state index contributed by atoms with van der Waals surface area (Å²) in [5.74, 6) is 0. The van der Waals surface area contributed by atoms with E-state index in [0.29, 0.717) is 0 Å². The lowest BCUT2D eigenvalue weighted by molar-refractivity contribution is 0.0495. The predicted molar refractivity (Wildman–Crippen MR) is 35.1 cm³/mol. The highest BCUT2D eigenvalue weighted by molar-refractivity contribution is 5.16. The van der Waals surface area contributed by atoms with Crippen LogP contribution < -0.4 is 0 Å². The molecule has 0 fully saturated rings. The first kappa shape index (κ1) is 8.11. The fourth-order valence-electron chi connectivity index (χ4n) is 0.724. The first-order chi connectivity index (χ1) is 5.22. The van der Waals surface area contributed by atoms with E-state index in [4.69, 9.17) is 0 Å². The van der Waals surface area contributed by atoms with Gasteiger partial charge < -0.3 is 0 Å². The SMILES string of the molecule is FC(F)C(F)c1c[c]ccc1. The second-order valence-corrected chi connectivity index (χ2v) is 2.07. The van der Waals surface area contributed by atoms with Gasteiger partial charge in [0.25, 0.3) is 6.43 Å². The fourth-order valence-corrected chi connectivity index (χ4v) is 0.724. The zero-order chi connectivity index (χ0) is 8.27. The van der Waals surface area contributed by atoms with Crippen molar-refractivity contribution in [3.05, 3.63) is 35.9 Å². The second-order valence-electron chi connectivity index (χ2n) is 2.07. The summed E-state index contributed by atoms with van der Waals surface area (Å²) in [6.45, 7) is 0. The quantitative estimate of drug-likeness (QED) is 0.622. The molecule has 3 heteroatoms. The van der Waals surface area contributed by atoms with Gasteiger partial charge in [-0.05, 0) is 17.7 Å². The number of hydrogen-bond acceptors (Lipinski definition) is 0. The first-order valence-electron chi connectivity index (χ1n) is 3.10. The molecule has 1 aromatic rings. The van der Waals surface area contributed by atoms with Gasteiger partial charge in [-0.15, -0.1) is 0 Å². The van der Waals surface area contributed by atoms with Crippen molar-refractivity contribution in [1.82, 2.24) is 0 Å². The van der Waals surface area contributed by atoms with E-state index in [-0.39, 0.29) is 5.56 Å². The Bertz CT molecular complexity index is 208. The zero-order valence-corrected chi connectivity index (χ0v) is 5.60. The molecule has 1 atom stereocenters. The Morgan fingerprint density at radius 1 is 1.27 bits per heavy atom. The molecular weight excluding hydrogens is 153 g/mol. The molecule has 1 aromatic carbocycles. The minimum absolute atomic E-state index is 0.0255. The highest BCUT2D eigenvalue weighted by atomic mass is 19.3. The highest BCUT2D eigenvalue weighted by Crippen LogP contribution is 2.23. The average molecular weight is 159 g/mol. The van der Waals surface area contributed by atoms with Gasteiger partial charge in [-0.3, -0.25) is 0 Å². The van der Waals surface area contributed by atoms with E-state index in [1.165, 1.54) is 24.3 Å². The third kappa shape index (κ3) is 1.97. The van der Waals surface area contributed by atoms with Crippen molar-refractivity contribution in [2.75, 3.05) is 0 Å². The normalized spacial score (nSPS) is 13.5.